The first-order valence-corrected chi connectivity index (χ1v) is 17.9. The van der Waals surface area contributed by atoms with E-state index >= 15 is 0 Å². The van der Waals surface area contributed by atoms with Crippen molar-refractivity contribution in [3.05, 3.63) is 83.9 Å². The SMILES string of the molecule is CC(C)N(CCOc1ccc(C(=O)c2c(-c3ccc(OCCN4CCCC4)cc3)sc3ccccc23)cc1)C(C)C.O=C(O)C(=O)O.O=C(O)C(=O)O. The number of aliphatic carboxylic acids is 4. The van der Waals surface area contributed by atoms with E-state index in [1.54, 1.807) is 11.3 Å². The normalized spacial score (nSPS) is 12.5. The maximum Gasteiger partial charge on any atom is 0.414 e. The van der Waals surface area contributed by atoms with Gasteiger partial charge in [0.25, 0.3) is 0 Å². The van der Waals surface area contributed by atoms with Crippen LogP contribution in [-0.2, 0) is 19.2 Å². The number of carbonyl (C=O) groups excluding carboxylic acids is 1. The number of thiophene rings is 1. The van der Waals surface area contributed by atoms with Crippen molar-refractivity contribution in [3.63, 3.8) is 0 Å². The second-order valence-electron chi connectivity index (χ2n) is 12.6. The Morgan fingerprint density at radius 1 is 0.698 bits per heavy atom. The van der Waals surface area contributed by atoms with Crippen molar-refractivity contribution in [1.82, 2.24) is 9.80 Å². The van der Waals surface area contributed by atoms with Crippen LogP contribution in [-0.4, -0.2) is 111 Å². The average Bonchev–Trinajstić information content (AvgIpc) is 3.79. The highest BCUT2D eigenvalue weighted by molar-refractivity contribution is 7.22. The highest BCUT2D eigenvalue weighted by Crippen LogP contribution is 2.40. The van der Waals surface area contributed by atoms with E-state index in [2.05, 4.69) is 55.7 Å². The van der Waals surface area contributed by atoms with E-state index in [1.165, 1.54) is 25.9 Å². The third-order valence-corrected chi connectivity index (χ3v) is 9.46. The van der Waals surface area contributed by atoms with Crippen LogP contribution in [0.15, 0.2) is 72.8 Å². The maximum absolute atomic E-state index is 13.9. The number of ether oxygens (including phenoxy) is 2. The van der Waals surface area contributed by atoms with Gasteiger partial charge in [-0.15, -0.1) is 11.3 Å². The molecule has 1 saturated heterocycles. The third kappa shape index (κ3) is 13.0. The molecule has 1 fully saturated rings. The highest BCUT2D eigenvalue weighted by atomic mass is 32.1. The van der Waals surface area contributed by atoms with E-state index in [4.69, 9.17) is 49.1 Å². The summed E-state index contributed by atoms with van der Waals surface area (Å²) >= 11 is 1.66. The molecule has 0 radical (unpaired) electrons. The molecule has 1 aliphatic heterocycles. The van der Waals surface area contributed by atoms with Crippen molar-refractivity contribution in [2.24, 2.45) is 0 Å². The Kier molecular flexibility index (Phi) is 16.4. The number of nitrogens with zero attached hydrogens (tertiary/aromatic N) is 2. The van der Waals surface area contributed by atoms with Crippen molar-refractivity contribution in [2.45, 2.75) is 52.6 Å². The Morgan fingerprint density at radius 3 is 1.70 bits per heavy atom. The van der Waals surface area contributed by atoms with Gasteiger partial charge >= 0.3 is 23.9 Å². The second kappa shape index (κ2) is 20.7. The van der Waals surface area contributed by atoms with Crippen molar-refractivity contribution in [1.29, 1.82) is 0 Å². The Labute approximate surface area is 312 Å². The molecule has 0 unspecified atom stereocenters. The smallest absolute Gasteiger partial charge is 0.414 e. The number of carboxylic acid groups (broad SMARTS) is 4. The van der Waals surface area contributed by atoms with E-state index in [1.807, 2.05) is 54.6 Å². The fourth-order valence-electron chi connectivity index (χ4n) is 5.70. The predicted octanol–water partition coefficient (Wildman–Crippen LogP) is 6.08. The number of likely N-dealkylation sites (tertiary alicyclic amines) is 1. The second-order valence-corrected chi connectivity index (χ2v) is 13.6. The van der Waals surface area contributed by atoms with Gasteiger partial charge in [0.2, 0.25) is 0 Å². The monoisotopic (exact) mass is 750 g/mol. The Balaban J connectivity index is 0.000000545. The van der Waals surface area contributed by atoms with Crippen LogP contribution in [0.5, 0.6) is 11.5 Å². The molecule has 2 heterocycles. The molecule has 0 atom stereocenters. The summed E-state index contributed by atoms with van der Waals surface area (Å²) in [5.41, 5.74) is 2.45. The molecule has 3 aromatic carbocycles. The van der Waals surface area contributed by atoms with Gasteiger partial charge in [-0.25, -0.2) is 19.2 Å². The molecule has 14 heteroatoms. The molecule has 1 aromatic heterocycles. The lowest BCUT2D eigenvalue weighted by Crippen LogP contribution is -2.39. The largest absolute Gasteiger partial charge is 0.492 e. The van der Waals surface area contributed by atoms with Gasteiger partial charge in [0.05, 0.1) is 0 Å². The zero-order valence-corrected chi connectivity index (χ0v) is 31.0. The number of rotatable bonds is 13. The number of benzene rings is 3. The Hall–Kier alpha value is -5.31. The molecule has 1 aliphatic rings. The van der Waals surface area contributed by atoms with Gasteiger partial charge in [-0.1, -0.05) is 18.2 Å². The van der Waals surface area contributed by atoms with Crippen LogP contribution in [0.1, 0.15) is 56.5 Å². The van der Waals surface area contributed by atoms with Gasteiger partial charge in [0.1, 0.15) is 24.7 Å². The van der Waals surface area contributed by atoms with E-state index in [0.29, 0.717) is 30.9 Å². The molecule has 284 valence electrons. The Morgan fingerprint density at radius 2 is 1.19 bits per heavy atom. The zero-order valence-electron chi connectivity index (χ0n) is 30.2. The lowest BCUT2D eigenvalue weighted by atomic mass is 9.97. The summed E-state index contributed by atoms with van der Waals surface area (Å²) in [6.07, 6.45) is 2.58. The number of hydrogen-bond donors (Lipinski definition) is 4. The fourth-order valence-corrected chi connectivity index (χ4v) is 6.91. The summed E-state index contributed by atoms with van der Waals surface area (Å²) in [5.74, 6) is -5.62. The predicted molar refractivity (Wildman–Crippen MR) is 201 cm³/mol. The summed E-state index contributed by atoms with van der Waals surface area (Å²) in [6.45, 7) is 14.3. The lowest BCUT2D eigenvalue weighted by molar-refractivity contribution is -0.159. The average molecular weight is 751 g/mol. The molecule has 53 heavy (non-hydrogen) atoms. The molecule has 13 nitrogen and oxygen atoms in total. The van der Waals surface area contributed by atoms with E-state index < -0.39 is 23.9 Å². The summed E-state index contributed by atoms with van der Waals surface area (Å²) in [6, 6.07) is 24.9. The molecule has 0 amide bonds. The molecule has 0 saturated carbocycles. The van der Waals surface area contributed by atoms with Crippen LogP contribution in [0.4, 0.5) is 0 Å². The molecule has 4 N–H and O–H groups in total. The van der Waals surface area contributed by atoms with Crippen molar-refractivity contribution in [3.8, 4) is 21.9 Å². The van der Waals surface area contributed by atoms with Gasteiger partial charge in [-0.2, -0.15) is 0 Å². The minimum Gasteiger partial charge on any atom is -0.492 e. The summed E-state index contributed by atoms with van der Waals surface area (Å²) in [7, 11) is 0. The third-order valence-electron chi connectivity index (χ3n) is 8.24. The Bertz CT molecular complexity index is 1770. The first-order valence-electron chi connectivity index (χ1n) is 17.1. The molecule has 0 spiro atoms. The van der Waals surface area contributed by atoms with Crippen LogP contribution in [0.2, 0.25) is 0 Å². The summed E-state index contributed by atoms with van der Waals surface area (Å²) in [5, 5.41) is 30.6. The molecule has 5 rings (SSSR count). The van der Waals surface area contributed by atoms with Crippen molar-refractivity contribution < 1.29 is 53.9 Å². The first kappa shape index (κ1) is 42.1. The number of hydrogen-bond acceptors (Lipinski definition) is 10. The zero-order chi connectivity index (χ0) is 39.1. The van der Waals surface area contributed by atoms with Crippen LogP contribution < -0.4 is 9.47 Å². The van der Waals surface area contributed by atoms with Crippen LogP contribution >= 0.6 is 11.3 Å². The quantitative estimate of drug-likeness (QED) is 0.0909. The van der Waals surface area contributed by atoms with Crippen molar-refractivity contribution >= 4 is 51.1 Å². The lowest BCUT2D eigenvalue weighted by Gasteiger charge is -2.30. The van der Waals surface area contributed by atoms with Gasteiger partial charge in [-0.05, 0) is 114 Å². The molecule has 0 bridgehead atoms. The summed E-state index contributed by atoms with van der Waals surface area (Å²) < 4.78 is 13.2. The summed E-state index contributed by atoms with van der Waals surface area (Å²) in [4.78, 5) is 56.2. The van der Waals surface area contributed by atoms with Gasteiger partial charge in [0.15, 0.2) is 5.78 Å². The van der Waals surface area contributed by atoms with Gasteiger partial charge in [-0.3, -0.25) is 14.6 Å². The molecular weight excluding hydrogens is 704 g/mol. The topological polar surface area (TPSA) is 191 Å². The maximum atomic E-state index is 13.9. The molecule has 0 aliphatic carbocycles. The van der Waals surface area contributed by atoms with E-state index in [-0.39, 0.29) is 5.78 Å². The van der Waals surface area contributed by atoms with E-state index in [0.717, 1.165) is 50.7 Å². The van der Waals surface area contributed by atoms with Crippen molar-refractivity contribution in [2.75, 3.05) is 39.4 Å². The first-order chi connectivity index (χ1) is 25.2. The number of carboxylic acids is 4. The molecular formula is C39H46N2O11S. The van der Waals surface area contributed by atoms with Gasteiger partial charge < -0.3 is 29.9 Å². The fraction of sp³-hybridized carbons (Fsp3) is 0.359. The molecule has 4 aromatic rings. The number of carbonyl (C=O) groups is 5. The van der Waals surface area contributed by atoms with Crippen LogP contribution in [0, 0.1) is 0 Å². The van der Waals surface area contributed by atoms with Gasteiger partial charge in [0, 0.05) is 51.3 Å². The van der Waals surface area contributed by atoms with E-state index in [9.17, 15) is 4.79 Å². The minimum absolute atomic E-state index is 0.0285. The van der Waals surface area contributed by atoms with Crippen LogP contribution in [0.3, 0.4) is 0 Å². The standard InChI is InChI=1S/C35H42N2O3S.2C2H2O4/c1-25(2)37(26(3)4)22-24-40-29-15-11-27(12-16-29)34(38)33-31-9-5-6-10-32(31)41-35(33)28-13-17-30(18-14-28)39-23-21-36-19-7-8-20-36;2*3-1(4)2(5)6/h5-6,9-18,25-26H,7-8,19-24H2,1-4H3;2*(H,3,4)(H,5,6). The minimum atomic E-state index is -1.82. The number of ketones is 1. The van der Waals surface area contributed by atoms with Crippen LogP contribution in [0.25, 0.3) is 20.5 Å². The number of fused-ring (bicyclic) bond motifs is 1. The highest BCUT2D eigenvalue weighted by Gasteiger charge is 2.22.